The van der Waals surface area contributed by atoms with E-state index in [0.717, 1.165) is 17.9 Å². The summed E-state index contributed by atoms with van der Waals surface area (Å²) in [5.74, 6) is 1.22. The standard InChI is InChI=1S/C12H15BrFNO2S2/c1-19(16,17)12-8-18-5-4-15(12)7-9-2-3-11(14)10(13)6-9/h2-3,6,12H,4-5,7-8H2,1H3. The van der Waals surface area contributed by atoms with E-state index in [4.69, 9.17) is 0 Å². The fraction of sp³-hybridized carbons (Fsp3) is 0.500. The molecule has 2 rings (SSSR count). The van der Waals surface area contributed by atoms with Gasteiger partial charge in [-0.05, 0) is 33.6 Å². The van der Waals surface area contributed by atoms with E-state index in [-0.39, 0.29) is 5.82 Å². The Kier molecular flexibility index (Phi) is 4.92. The minimum Gasteiger partial charge on any atom is -0.281 e. The number of benzene rings is 1. The van der Waals surface area contributed by atoms with Crippen molar-refractivity contribution in [1.82, 2.24) is 4.90 Å². The van der Waals surface area contributed by atoms with Gasteiger partial charge in [0.2, 0.25) is 0 Å². The van der Waals surface area contributed by atoms with Gasteiger partial charge in [0, 0.05) is 30.9 Å². The topological polar surface area (TPSA) is 37.4 Å². The Morgan fingerprint density at radius 3 is 2.89 bits per heavy atom. The SMILES string of the molecule is CS(=O)(=O)C1CSCCN1Cc1ccc(F)c(Br)c1. The number of nitrogens with zero attached hydrogens (tertiary/aromatic N) is 1. The van der Waals surface area contributed by atoms with E-state index in [0.29, 0.717) is 16.8 Å². The Morgan fingerprint density at radius 1 is 1.53 bits per heavy atom. The van der Waals surface area contributed by atoms with Crippen molar-refractivity contribution in [2.24, 2.45) is 0 Å². The van der Waals surface area contributed by atoms with Gasteiger partial charge in [-0.1, -0.05) is 6.07 Å². The van der Waals surface area contributed by atoms with Crippen LogP contribution in [0.25, 0.3) is 0 Å². The molecule has 0 aromatic heterocycles. The second kappa shape index (κ2) is 6.11. The third-order valence-electron chi connectivity index (χ3n) is 3.05. The molecule has 1 aliphatic rings. The normalized spacial score (nSPS) is 21.5. The number of hydrogen-bond acceptors (Lipinski definition) is 4. The second-order valence-electron chi connectivity index (χ2n) is 4.58. The Labute approximate surface area is 125 Å². The maximum absolute atomic E-state index is 13.2. The van der Waals surface area contributed by atoms with Gasteiger partial charge >= 0.3 is 0 Å². The highest BCUT2D eigenvalue weighted by Crippen LogP contribution is 2.24. The smallest absolute Gasteiger partial charge is 0.164 e. The van der Waals surface area contributed by atoms with Crippen LogP contribution in [0, 0.1) is 5.82 Å². The van der Waals surface area contributed by atoms with Crippen molar-refractivity contribution >= 4 is 37.5 Å². The molecule has 1 aliphatic heterocycles. The van der Waals surface area contributed by atoms with Crippen LogP contribution < -0.4 is 0 Å². The van der Waals surface area contributed by atoms with Crippen molar-refractivity contribution in [1.29, 1.82) is 0 Å². The third-order valence-corrected chi connectivity index (χ3v) is 6.35. The van der Waals surface area contributed by atoms with Crippen molar-refractivity contribution in [3.63, 3.8) is 0 Å². The largest absolute Gasteiger partial charge is 0.281 e. The van der Waals surface area contributed by atoms with Crippen LogP contribution >= 0.6 is 27.7 Å². The number of halogens is 2. The molecule has 1 atom stereocenters. The van der Waals surface area contributed by atoms with Crippen molar-refractivity contribution in [3.05, 3.63) is 34.1 Å². The minimum atomic E-state index is -3.09. The molecule has 106 valence electrons. The summed E-state index contributed by atoms with van der Waals surface area (Å²) in [5, 5.41) is -0.449. The van der Waals surface area contributed by atoms with E-state index in [9.17, 15) is 12.8 Å². The molecule has 1 fully saturated rings. The molecule has 1 saturated heterocycles. The molecule has 0 saturated carbocycles. The first-order valence-corrected chi connectivity index (χ1v) is 9.73. The molecule has 0 N–H and O–H groups in total. The summed E-state index contributed by atoms with van der Waals surface area (Å²) in [6.07, 6.45) is 1.27. The van der Waals surface area contributed by atoms with Crippen LogP contribution in [0.3, 0.4) is 0 Å². The molecule has 0 aliphatic carbocycles. The fourth-order valence-corrected chi connectivity index (χ4v) is 5.43. The van der Waals surface area contributed by atoms with E-state index in [1.165, 1.54) is 12.3 Å². The van der Waals surface area contributed by atoms with Gasteiger partial charge in [0.25, 0.3) is 0 Å². The summed E-state index contributed by atoms with van der Waals surface area (Å²) in [4.78, 5) is 1.95. The second-order valence-corrected chi connectivity index (χ2v) is 8.79. The van der Waals surface area contributed by atoms with Crippen molar-refractivity contribution in [2.75, 3.05) is 24.3 Å². The Morgan fingerprint density at radius 2 is 2.26 bits per heavy atom. The average Bonchev–Trinajstić information content (AvgIpc) is 2.33. The van der Waals surface area contributed by atoms with E-state index in [1.54, 1.807) is 23.9 Å². The van der Waals surface area contributed by atoms with Crippen LogP contribution in [0.5, 0.6) is 0 Å². The summed E-state index contributed by atoms with van der Waals surface area (Å²) in [6, 6.07) is 4.80. The number of hydrogen-bond donors (Lipinski definition) is 0. The van der Waals surface area contributed by atoms with E-state index >= 15 is 0 Å². The lowest BCUT2D eigenvalue weighted by molar-refractivity contribution is 0.262. The van der Waals surface area contributed by atoms with Crippen LogP contribution in [-0.4, -0.2) is 43.0 Å². The van der Waals surface area contributed by atoms with Gasteiger partial charge < -0.3 is 0 Å². The lowest BCUT2D eigenvalue weighted by Gasteiger charge is -2.34. The highest BCUT2D eigenvalue weighted by Gasteiger charge is 2.30. The zero-order valence-corrected chi connectivity index (χ0v) is 13.7. The minimum absolute atomic E-state index is 0.308. The monoisotopic (exact) mass is 367 g/mol. The Bertz CT molecular complexity index is 565. The van der Waals surface area contributed by atoms with Crippen LogP contribution in [0.4, 0.5) is 4.39 Å². The van der Waals surface area contributed by atoms with Crippen LogP contribution in [0.1, 0.15) is 5.56 Å². The highest BCUT2D eigenvalue weighted by molar-refractivity contribution is 9.10. The van der Waals surface area contributed by atoms with Gasteiger partial charge in [0.05, 0.1) is 4.47 Å². The Balaban J connectivity index is 2.17. The van der Waals surface area contributed by atoms with Crippen molar-refractivity contribution in [3.8, 4) is 0 Å². The maximum atomic E-state index is 13.2. The van der Waals surface area contributed by atoms with Gasteiger partial charge in [-0.3, -0.25) is 4.90 Å². The first-order chi connectivity index (χ1) is 8.88. The zero-order chi connectivity index (χ0) is 14.0. The molecule has 1 unspecified atom stereocenters. The summed E-state index contributed by atoms with van der Waals surface area (Å²) in [7, 11) is -3.09. The summed E-state index contributed by atoms with van der Waals surface area (Å²) in [6.45, 7) is 1.26. The molecule has 0 spiro atoms. The fourth-order valence-electron chi connectivity index (χ4n) is 2.06. The van der Waals surface area contributed by atoms with Crippen molar-refractivity contribution < 1.29 is 12.8 Å². The molecule has 1 heterocycles. The summed E-state index contributed by atoms with van der Waals surface area (Å²) >= 11 is 4.81. The maximum Gasteiger partial charge on any atom is 0.164 e. The molecule has 3 nitrogen and oxygen atoms in total. The predicted octanol–water partition coefficient (Wildman–Crippen LogP) is 2.51. The van der Waals surface area contributed by atoms with Gasteiger partial charge in [0.15, 0.2) is 9.84 Å². The third kappa shape index (κ3) is 3.93. The number of sulfone groups is 1. The summed E-state index contributed by atoms with van der Waals surface area (Å²) in [5.41, 5.74) is 0.911. The molecule has 0 amide bonds. The number of thioether (sulfide) groups is 1. The first-order valence-electron chi connectivity index (χ1n) is 5.82. The molecular weight excluding hydrogens is 353 g/mol. The van der Waals surface area contributed by atoms with Crippen molar-refractivity contribution in [2.45, 2.75) is 11.9 Å². The lowest BCUT2D eigenvalue weighted by Crippen LogP contribution is -2.46. The molecule has 1 aromatic carbocycles. The van der Waals surface area contributed by atoms with E-state index in [1.807, 2.05) is 4.90 Å². The van der Waals surface area contributed by atoms with Gasteiger partial charge in [-0.15, -0.1) is 0 Å². The van der Waals surface area contributed by atoms with Crippen LogP contribution in [0.2, 0.25) is 0 Å². The molecule has 0 bridgehead atoms. The number of rotatable bonds is 3. The predicted molar refractivity (Wildman–Crippen MR) is 80.5 cm³/mol. The molecule has 1 aromatic rings. The lowest BCUT2D eigenvalue weighted by atomic mass is 10.2. The zero-order valence-electron chi connectivity index (χ0n) is 10.5. The molecule has 0 radical (unpaired) electrons. The molecular formula is C12H15BrFNO2S2. The van der Waals surface area contributed by atoms with Gasteiger partial charge in [-0.25, -0.2) is 12.8 Å². The van der Waals surface area contributed by atoms with E-state index < -0.39 is 15.2 Å². The van der Waals surface area contributed by atoms with Crippen LogP contribution in [0.15, 0.2) is 22.7 Å². The average molecular weight is 368 g/mol. The van der Waals surface area contributed by atoms with Gasteiger partial charge in [0.1, 0.15) is 11.2 Å². The molecule has 7 heteroatoms. The van der Waals surface area contributed by atoms with Gasteiger partial charge in [-0.2, -0.15) is 11.8 Å². The van der Waals surface area contributed by atoms with E-state index in [2.05, 4.69) is 15.9 Å². The van der Waals surface area contributed by atoms with Crippen LogP contribution in [-0.2, 0) is 16.4 Å². The Hall–Kier alpha value is -0.110. The quantitative estimate of drug-likeness (QED) is 0.822. The summed E-state index contributed by atoms with van der Waals surface area (Å²) < 4.78 is 37.2. The first kappa shape index (κ1) is 15.3. The highest BCUT2D eigenvalue weighted by atomic mass is 79.9. The molecule has 19 heavy (non-hydrogen) atoms.